The van der Waals surface area contributed by atoms with Crippen molar-refractivity contribution in [3.05, 3.63) is 74.8 Å². The molecule has 9 heteroatoms. The van der Waals surface area contributed by atoms with Crippen LogP contribution in [0, 0.1) is 21.4 Å². The fraction of sp³-hybridized carbons (Fsp3) is 0.158. The Morgan fingerprint density at radius 2 is 1.86 bits per heavy atom. The average molecular weight is 379 g/mol. The van der Waals surface area contributed by atoms with Crippen LogP contribution in [-0.2, 0) is 16.1 Å². The second kappa shape index (κ2) is 7.67. The van der Waals surface area contributed by atoms with E-state index in [1.54, 1.807) is 24.3 Å². The largest absolute Gasteiger partial charge is 0.461 e. The van der Waals surface area contributed by atoms with Gasteiger partial charge in [0.05, 0.1) is 28.5 Å². The van der Waals surface area contributed by atoms with E-state index in [9.17, 15) is 24.5 Å². The highest BCUT2D eigenvalue weighted by Crippen LogP contribution is 2.30. The summed E-state index contributed by atoms with van der Waals surface area (Å²) >= 11 is 0. The highest BCUT2D eigenvalue weighted by Gasteiger charge is 2.40. The van der Waals surface area contributed by atoms with Crippen LogP contribution >= 0.6 is 0 Å². The molecule has 3 rings (SSSR count). The predicted octanol–water partition coefficient (Wildman–Crippen LogP) is 2.20. The number of nitro benzene ring substituents is 1. The Balaban J connectivity index is 1.60. The maximum Gasteiger partial charge on any atom is 0.307 e. The van der Waals surface area contributed by atoms with Crippen LogP contribution in [0.2, 0.25) is 0 Å². The molecule has 1 aliphatic rings. The first-order valence-corrected chi connectivity index (χ1v) is 8.20. The smallest absolute Gasteiger partial charge is 0.307 e. The van der Waals surface area contributed by atoms with Crippen molar-refractivity contribution < 1.29 is 24.0 Å². The highest BCUT2D eigenvalue weighted by molar-refractivity contribution is 6.23. The van der Waals surface area contributed by atoms with Gasteiger partial charge in [0.15, 0.2) is 0 Å². The number of fused-ring (bicyclic) bond motifs is 1. The number of amides is 2. The molecule has 2 amide bonds. The third kappa shape index (κ3) is 3.57. The molecule has 0 aliphatic carbocycles. The maximum atomic E-state index is 12.4. The Bertz CT molecular complexity index is 1020. The number of carbonyl (C=O) groups excluding carboxylic acids is 3. The molecule has 0 aromatic heterocycles. The summed E-state index contributed by atoms with van der Waals surface area (Å²) in [5, 5.41) is 19.8. The molecule has 0 N–H and O–H groups in total. The molecule has 0 saturated heterocycles. The summed E-state index contributed by atoms with van der Waals surface area (Å²) in [6.07, 6.45) is -0.241. The molecule has 0 unspecified atom stereocenters. The molecule has 2 aromatic carbocycles. The SMILES string of the molecule is N#Cc1ccc(COC(=O)CCN2C(=O)c3cccc([N+](=O)[O-])c3C2=O)cc1. The van der Waals surface area contributed by atoms with Crippen LogP contribution in [0.1, 0.15) is 38.3 Å². The van der Waals surface area contributed by atoms with Crippen molar-refractivity contribution in [2.45, 2.75) is 13.0 Å². The van der Waals surface area contributed by atoms with Gasteiger partial charge in [-0.1, -0.05) is 18.2 Å². The van der Waals surface area contributed by atoms with E-state index in [4.69, 9.17) is 10.00 Å². The lowest BCUT2D eigenvalue weighted by Gasteiger charge is -2.13. The summed E-state index contributed by atoms with van der Waals surface area (Å²) in [6, 6.07) is 12.3. The second-order valence-electron chi connectivity index (χ2n) is 5.94. The van der Waals surface area contributed by atoms with E-state index in [1.165, 1.54) is 12.1 Å². The Labute approximate surface area is 158 Å². The minimum Gasteiger partial charge on any atom is -0.461 e. The van der Waals surface area contributed by atoms with Crippen LogP contribution < -0.4 is 0 Å². The van der Waals surface area contributed by atoms with Gasteiger partial charge in [-0.05, 0) is 23.8 Å². The fourth-order valence-corrected chi connectivity index (χ4v) is 2.79. The number of hydrogen-bond acceptors (Lipinski definition) is 7. The van der Waals surface area contributed by atoms with Gasteiger partial charge in [0.25, 0.3) is 17.5 Å². The summed E-state index contributed by atoms with van der Waals surface area (Å²) in [6.45, 7) is -0.256. The van der Waals surface area contributed by atoms with Crippen molar-refractivity contribution in [2.24, 2.45) is 0 Å². The van der Waals surface area contributed by atoms with Gasteiger partial charge in [-0.25, -0.2) is 0 Å². The molecule has 0 atom stereocenters. The number of carbonyl (C=O) groups is 3. The molecule has 0 radical (unpaired) electrons. The number of nitrogens with zero attached hydrogens (tertiary/aromatic N) is 3. The number of ether oxygens (including phenoxy) is 1. The number of benzene rings is 2. The van der Waals surface area contributed by atoms with Gasteiger partial charge in [-0.15, -0.1) is 0 Å². The van der Waals surface area contributed by atoms with Crippen molar-refractivity contribution in [3.8, 4) is 6.07 Å². The monoisotopic (exact) mass is 379 g/mol. The Hall–Kier alpha value is -4.06. The Morgan fingerprint density at radius 3 is 2.50 bits per heavy atom. The van der Waals surface area contributed by atoms with Crippen molar-refractivity contribution in [2.75, 3.05) is 6.54 Å². The van der Waals surface area contributed by atoms with Crippen molar-refractivity contribution in [1.29, 1.82) is 5.26 Å². The van der Waals surface area contributed by atoms with Gasteiger partial charge in [-0.2, -0.15) is 5.26 Å². The zero-order valence-electron chi connectivity index (χ0n) is 14.5. The van der Waals surface area contributed by atoms with E-state index in [-0.39, 0.29) is 30.7 Å². The van der Waals surface area contributed by atoms with Gasteiger partial charge in [-0.3, -0.25) is 29.4 Å². The molecule has 1 aliphatic heterocycles. The summed E-state index contributed by atoms with van der Waals surface area (Å²) in [7, 11) is 0. The van der Waals surface area contributed by atoms with Crippen LogP contribution in [0.15, 0.2) is 42.5 Å². The van der Waals surface area contributed by atoms with Gasteiger partial charge < -0.3 is 4.74 Å². The van der Waals surface area contributed by atoms with E-state index in [2.05, 4.69) is 0 Å². The van der Waals surface area contributed by atoms with Crippen molar-refractivity contribution in [1.82, 2.24) is 4.90 Å². The number of hydrogen-bond donors (Lipinski definition) is 0. The van der Waals surface area contributed by atoms with Crippen LogP contribution in [-0.4, -0.2) is 34.2 Å². The molecule has 0 spiro atoms. The first-order chi connectivity index (χ1) is 13.4. The van der Waals surface area contributed by atoms with Crippen LogP contribution in [0.5, 0.6) is 0 Å². The quantitative estimate of drug-likeness (QED) is 0.325. The lowest BCUT2D eigenvalue weighted by atomic mass is 10.1. The lowest BCUT2D eigenvalue weighted by molar-refractivity contribution is -0.385. The topological polar surface area (TPSA) is 131 Å². The molecule has 2 aromatic rings. The number of esters is 1. The molecular formula is C19H13N3O6. The normalized spacial score (nSPS) is 12.5. The number of imide groups is 1. The zero-order chi connectivity index (χ0) is 20.3. The summed E-state index contributed by atoms with van der Waals surface area (Å²) < 4.78 is 5.09. The second-order valence-corrected chi connectivity index (χ2v) is 5.94. The summed E-state index contributed by atoms with van der Waals surface area (Å²) in [5.41, 5.74) is 0.411. The van der Waals surface area contributed by atoms with E-state index in [0.29, 0.717) is 11.1 Å². The Kier molecular flexibility index (Phi) is 5.13. The number of nitro groups is 1. The molecule has 140 valence electrons. The number of rotatable bonds is 6. The van der Waals surface area contributed by atoms with E-state index in [0.717, 1.165) is 11.0 Å². The maximum absolute atomic E-state index is 12.4. The first kappa shape index (κ1) is 18.7. The highest BCUT2D eigenvalue weighted by atomic mass is 16.6. The van der Waals surface area contributed by atoms with Gasteiger partial charge in [0.1, 0.15) is 12.2 Å². The van der Waals surface area contributed by atoms with Gasteiger partial charge >= 0.3 is 5.97 Å². The third-order valence-corrected chi connectivity index (χ3v) is 4.20. The van der Waals surface area contributed by atoms with E-state index in [1.807, 2.05) is 6.07 Å². The number of nitriles is 1. The fourth-order valence-electron chi connectivity index (χ4n) is 2.79. The van der Waals surface area contributed by atoms with Crippen LogP contribution in [0.3, 0.4) is 0 Å². The average Bonchev–Trinajstić information content (AvgIpc) is 2.95. The minimum atomic E-state index is -0.799. The van der Waals surface area contributed by atoms with Gasteiger partial charge in [0, 0.05) is 12.6 Å². The van der Waals surface area contributed by atoms with Crippen LogP contribution in [0.25, 0.3) is 0 Å². The molecule has 1 heterocycles. The predicted molar refractivity (Wildman–Crippen MR) is 94.0 cm³/mol. The first-order valence-electron chi connectivity index (χ1n) is 8.20. The summed E-state index contributed by atoms with van der Waals surface area (Å²) in [4.78, 5) is 47.8. The molecule has 0 bridgehead atoms. The standard InChI is InChI=1S/C19H13N3O6/c20-10-12-4-6-13(7-5-12)11-28-16(23)8-9-21-18(24)14-2-1-3-15(22(26)27)17(14)19(21)25/h1-7H,8-9,11H2. The molecule has 9 nitrogen and oxygen atoms in total. The van der Waals surface area contributed by atoms with Gasteiger partial charge in [0.2, 0.25) is 0 Å². The third-order valence-electron chi connectivity index (χ3n) is 4.20. The van der Waals surface area contributed by atoms with E-state index < -0.39 is 28.4 Å². The Morgan fingerprint density at radius 1 is 1.14 bits per heavy atom. The molecule has 0 fully saturated rings. The van der Waals surface area contributed by atoms with Crippen molar-refractivity contribution >= 4 is 23.5 Å². The lowest BCUT2D eigenvalue weighted by Crippen LogP contribution is -2.32. The molecular weight excluding hydrogens is 366 g/mol. The molecule has 28 heavy (non-hydrogen) atoms. The zero-order valence-corrected chi connectivity index (χ0v) is 14.5. The van der Waals surface area contributed by atoms with E-state index >= 15 is 0 Å². The van der Waals surface area contributed by atoms with Crippen molar-refractivity contribution in [3.63, 3.8) is 0 Å². The molecule has 0 saturated carbocycles. The minimum absolute atomic E-state index is 0.0157. The summed E-state index contributed by atoms with van der Waals surface area (Å²) in [5.74, 6) is -2.11. The van der Waals surface area contributed by atoms with Crippen LogP contribution in [0.4, 0.5) is 5.69 Å².